The molecule has 6 heteroatoms. The fourth-order valence-corrected chi connectivity index (χ4v) is 2.04. The topological polar surface area (TPSA) is 58.4 Å². The van der Waals surface area contributed by atoms with Crippen LogP contribution < -0.4 is 5.32 Å². The summed E-state index contributed by atoms with van der Waals surface area (Å²) >= 11 is 3.24. The summed E-state index contributed by atoms with van der Waals surface area (Å²) in [6, 6.07) is 5.04. The van der Waals surface area contributed by atoms with Crippen LogP contribution in [0.5, 0.6) is 0 Å². The highest BCUT2D eigenvalue weighted by molar-refractivity contribution is 9.10. The second kappa shape index (κ2) is 7.33. The van der Waals surface area contributed by atoms with Gasteiger partial charge < -0.3 is 10.2 Å². The molecule has 0 atom stereocenters. The lowest BCUT2D eigenvalue weighted by atomic mass is 10.2. The highest BCUT2D eigenvalue weighted by Gasteiger charge is 2.13. The Morgan fingerprint density at radius 1 is 1.39 bits per heavy atom. The molecular formula is C12H18BrN3O2. The lowest BCUT2D eigenvalue weighted by Crippen LogP contribution is -2.28. The normalized spacial score (nSPS) is 10.7. The van der Waals surface area contributed by atoms with Crippen molar-refractivity contribution in [3.05, 3.63) is 32.8 Å². The summed E-state index contributed by atoms with van der Waals surface area (Å²) in [7, 11) is 0. The average molecular weight is 316 g/mol. The average Bonchev–Trinajstić information content (AvgIpc) is 2.36. The van der Waals surface area contributed by atoms with Crippen LogP contribution >= 0.6 is 15.9 Å². The summed E-state index contributed by atoms with van der Waals surface area (Å²) < 4.78 is 0.712. The summed E-state index contributed by atoms with van der Waals surface area (Å²) in [6.07, 6.45) is 0. The lowest BCUT2D eigenvalue weighted by molar-refractivity contribution is -0.384. The SMILES string of the molecule is CCN(CC)CCNc1ccc(Br)cc1[N+](=O)[O-]. The molecule has 0 aliphatic rings. The zero-order valence-corrected chi connectivity index (χ0v) is 12.2. The van der Waals surface area contributed by atoms with Crippen LogP contribution in [0.1, 0.15) is 13.8 Å². The van der Waals surface area contributed by atoms with Gasteiger partial charge in [0.05, 0.1) is 4.92 Å². The molecular weight excluding hydrogens is 298 g/mol. The molecule has 0 bridgehead atoms. The molecule has 1 aromatic rings. The van der Waals surface area contributed by atoms with Crippen molar-refractivity contribution in [1.82, 2.24) is 4.90 Å². The van der Waals surface area contributed by atoms with Crippen LogP contribution in [0.25, 0.3) is 0 Å². The summed E-state index contributed by atoms with van der Waals surface area (Å²) in [5.41, 5.74) is 0.666. The van der Waals surface area contributed by atoms with E-state index in [4.69, 9.17) is 0 Å². The number of nitro benzene ring substituents is 1. The number of anilines is 1. The largest absolute Gasteiger partial charge is 0.378 e. The molecule has 0 aromatic heterocycles. The molecule has 1 aromatic carbocycles. The van der Waals surface area contributed by atoms with Crippen LogP contribution in [0.15, 0.2) is 22.7 Å². The number of rotatable bonds is 7. The summed E-state index contributed by atoms with van der Waals surface area (Å²) in [5, 5.41) is 14.0. The van der Waals surface area contributed by atoms with Crippen LogP contribution in [-0.4, -0.2) is 36.0 Å². The number of nitrogens with one attached hydrogen (secondary N) is 1. The van der Waals surface area contributed by atoms with Crippen molar-refractivity contribution >= 4 is 27.3 Å². The molecule has 0 radical (unpaired) electrons. The van der Waals surface area contributed by atoms with E-state index in [-0.39, 0.29) is 10.6 Å². The van der Waals surface area contributed by atoms with E-state index in [0.29, 0.717) is 16.7 Å². The van der Waals surface area contributed by atoms with Gasteiger partial charge in [-0.05, 0) is 25.2 Å². The van der Waals surface area contributed by atoms with Crippen LogP contribution in [0.3, 0.4) is 0 Å². The quantitative estimate of drug-likeness (QED) is 0.620. The molecule has 0 saturated carbocycles. The van der Waals surface area contributed by atoms with Gasteiger partial charge in [0.2, 0.25) is 0 Å². The van der Waals surface area contributed by atoms with Crippen molar-refractivity contribution in [3.63, 3.8) is 0 Å². The highest BCUT2D eigenvalue weighted by Crippen LogP contribution is 2.27. The fourth-order valence-electron chi connectivity index (χ4n) is 1.69. The number of hydrogen-bond donors (Lipinski definition) is 1. The van der Waals surface area contributed by atoms with Gasteiger partial charge in [-0.2, -0.15) is 0 Å². The van der Waals surface area contributed by atoms with Crippen LogP contribution in [-0.2, 0) is 0 Å². The smallest absolute Gasteiger partial charge is 0.293 e. The van der Waals surface area contributed by atoms with Gasteiger partial charge in [-0.15, -0.1) is 0 Å². The number of nitrogens with zero attached hydrogens (tertiary/aromatic N) is 2. The molecule has 0 saturated heterocycles. The molecule has 0 aliphatic carbocycles. The van der Waals surface area contributed by atoms with Crippen molar-refractivity contribution in [2.24, 2.45) is 0 Å². The Kier molecular flexibility index (Phi) is 6.07. The Hall–Kier alpha value is -1.14. The van der Waals surface area contributed by atoms with E-state index in [0.717, 1.165) is 19.6 Å². The maximum absolute atomic E-state index is 10.9. The van der Waals surface area contributed by atoms with Gasteiger partial charge in [0.25, 0.3) is 5.69 Å². The second-order valence-corrected chi connectivity index (χ2v) is 4.79. The molecule has 0 fully saturated rings. The number of hydrogen-bond acceptors (Lipinski definition) is 4. The van der Waals surface area contributed by atoms with Crippen molar-refractivity contribution in [2.75, 3.05) is 31.5 Å². The molecule has 0 heterocycles. The Labute approximate surface area is 115 Å². The zero-order valence-electron chi connectivity index (χ0n) is 10.6. The first kappa shape index (κ1) is 14.9. The van der Waals surface area contributed by atoms with Gasteiger partial charge in [0.1, 0.15) is 5.69 Å². The Balaban J connectivity index is 2.64. The van der Waals surface area contributed by atoms with E-state index in [1.54, 1.807) is 12.1 Å². The van der Waals surface area contributed by atoms with Crippen molar-refractivity contribution in [1.29, 1.82) is 0 Å². The van der Waals surface area contributed by atoms with E-state index in [9.17, 15) is 10.1 Å². The molecule has 1 N–H and O–H groups in total. The van der Waals surface area contributed by atoms with Gasteiger partial charge in [0, 0.05) is 23.6 Å². The Bertz CT molecular complexity index is 408. The zero-order chi connectivity index (χ0) is 13.5. The minimum atomic E-state index is -0.371. The van der Waals surface area contributed by atoms with Crippen molar-refractivity contribution in [3.8, 4) is 0 Å². The molecule has 1 rings (SSSR count). The minimum absolute atomic E-state index is 0.101. The first-order valence-corrected chi connectivity index (χ1v) is 6.78. The van der Waals surface area contributed by atoms with Crippen LogP contribution in [0.4, 0.5) is 11.4 Å². The second-order valence-electron chi connectivity index (χ2n) is 3.87. The van der Waals surface area contributed by atoms with Gasteiger partial charge in [0.15, 0.2) is 0 Å². The third-order valence-electron chi connectivity index (χ3n) is 2.79. The standard InChI is InChI=1S/C12H18BrN3O2/c1-3-15(4-2)8-7-14-11-6-5-10(13)9-12(11)16(17)18/h5-6,9,14H,3-4,7-8H2,1-2H3. The molecule has 5 nitrogen and oxygen atoms in total. The predicted molar refractivity (Wildman–Crippen MR) is 77.1 cm³/mol. The van der Waals surface area contributed by atoms with E-state index in [1.807, 2.05) is 0 Å². The van der Waals surface area contributed by atoms with Crippen molar-refractivity contribution in [2.45, 2.75) is 13.8 Å². The Morgan fingerprint density at radius 2 is 2.06 bits per heavy atom. The Morgan fingerprint density at radius 3 is 2.61 bits per heavy atom. The summed E-state index contributed by atoms with van der Waals surface area (Å²) in [5.74, 6) is 0. The molecule has 0 aliphatic heterocycles. The number of halogens is 1. The van der Waals surface area contributed by atoms with E-state index in [1.165, 1.54) is 6.07 Å². The maximum atomic E-state index is 10.9. The predicted octanol–water partition coefficient (Wildman–Crippen LogP) is 3.11. The molecule has 0 unspecified atom stereocenters. The monoisotopic (exact) mass is 315 g/mol. The maximum Gasteiger partial charge on any atom is 0.293 e. The van der Waals surface area contributed by atoms with E-state index < -0.39 is 0 Å². The third kappa shape index (κ3) is 4.27. The van der Waals surface area contributed by atoms with Gasteiger partial charge in [-0.25, -0.2) is 0 Å². The third-order valence-corrected chi connectivity index (χ3v) is 3.29. The number of nitro groups is 1. The first-order valence-electron chi connectivity index (χ1n) is 5.98. The summed E-state index contributed by atoms with van der Waals surface area (Å²) in [6.45, 7) is 7.75. The molecule has 100 valence electrons. The van der Waals surface area contributed by atoms with E-state index >= 15 is 0 Å². The molecule has 18 heavy (non-hydrogen) atoms. The van der Waals surface area contributed by atoms with Crippen LogP contribution in [0.2, 0.25) is 0 Å². The van der Waals surface area contributed by atoms with Gasteiger partial charge in [-0.1, -0.05) is 29.8 Å². The highest BCUT2D eigenvalue weighted by atomic mass is 79.9. The summed E-state index contributed by atoms with van der Waals surface area (Å²) in [4.78, 5) is 12.8. The van der Waals surface area contributed by atoms with Crippen molar-refractivity contribution < 1.29 is 4.92 Å². The number of benzene rings is 1. The van der Waals surface area contributed by atoms with Crippen LogP contribution in [0, 0.1) is 10.1 Å². The first-order chi connectivity index (χ1) is 8.58. The van der Waals surface area contributed by atoms with Gasteiger partial charge in [-0.3, -0.25) is 10.1 Å². The molecule has 0 amide bonds. The number of likely N-dealkylation sites (N-methyl/N-ethyl adjacent to an activating group) is 1. The lowest BCUT2D eigenvalue weighted by Gasteiger charge is -2.18. The fraction of sp³-hybridized carbons (Fsp3) is 0.500. The molecule has 0 spiro atoms. The minimum Gasteiger partial charge on any atom is -0.378 e. The van der Waals surface area contributed by atoms with Gasteiger partial charge >= 0.3 is 0 Å². The van der Waals surface area contributed by atoms with E-state index in [2.05, 4.69) is 40.0 Å².